The zero-order valence-corrected chi connectivity index (χ0v) is 8.88. The molecule has 0 unspecified atom stereocenters. The number of nitrogens with zero attached hydrogens (tertiary/aromatic N) is 2. The van der Waals surface area contributed by atoms with E-state index in [4.69, 9.17) is 0 Å². The van der Waals surface area contributed by atoms with E-state index < -0.39 is 10.3 Å². The third kappa shape index (κ3) is 1.86. The highest BCUT2D eigenvalue weighted by atomic mass is 32.2. The minimum absolute atomic E-state index is 0.0501. The molecule has 1 aromatic carbocycles. The van der Waals surface area contributed by atoms with Crippen LogP contribution in [0.5, 0.6) is 0 Å². The second-order valence-electron chi connectivity index (χ2n) is 3.25. The number of hydrogen-bond acceptors (Lipinski definition) is 5. The van der Waals surface area contributed by atoms with Gasteiger partial charge in [0.05, 0.1) is 10.7 Å². The number of carbonyl (C=O) groups excluding carboxylic acids is 1. The first kappa shape index (κ1) is 10.9. The Morgan fingerprint density at radius 3 is 2.88 bits per heavy atom. The van der Waals surface area contributed by atoms with Gasteiger partial charge in [-0.15, -0.1) is 11.8 Å². The number of non-ortho nitro benzene ring substituents is 1. The summed E-state index contributed by atoms with van der Waals surface area (Å²) in [7, 11) is 0. The van der Waals surface area contributed by atoms with Gasteiger partial charge < -0.3 is 0 Å². The summed E-state index contributed by atoms with van der Waals surface area (Å²) in [5, 5.41) is 20.1. The summed E-state index contributed by atoms with van der Waals surface area (Å²) in [5.41, 5.74) is 0.499. The fourth-order valence-corrected chi connectivity index (χ4v) is 2.48. The summed E-state index contributed by atoms with van der Waals surface area (Å²) < 4.78 is 0. The van der Waals surface area contributed by atoms with Crippen LogP contribution in [-0.4, -0.2) is 26.9 Å². The Labute approximate surface area is 95.0 Å². The molecule has 0 aromatic heterocycles. The number of nitro groups is 1. The van der Waals surface area contributed by atoms with E-state index in [1.54, 1.807) is 6.07 Å². The van der Waals surface area contributed by atoms with Gasteiger partial charge in [-0.25, -0.2) is 5.06 Å². The number of hydrogen-bond donors (Lipinski definition) is 1. The number of thioether (sulfide) groups is 1. The highest BCUT2D eigenvalue weighted by molar-refractivity contribution is 8.00. The van der Waals surface area contributed by atoms with Crippen molar-refractivity contribution < 1.29 is 14.9 Å². The van der Waals surface area contributed by atoms with Crippen molar-refractivity contribution in [1.82, 2.24) is 5.06 Å². The maximum absolute atomic E-state index is 11.1. The van der Waals surface area contributed by atoms with E-state index in [9.17, 15) is 20.1 Å². The Morgan fingerprint density at radius 1 is 1.56 bits per heavy atom. The Bertz CT molecular complexity index is 451. The molecule has 6 nitrogen and oxygen atoms in total. The molecular weight excluding hydrogens is 232 g/mol. The number of hydroxylamine groups is 2. The van der Waals surface area contributed by atoms with Crippen LogP contribution in [0.1, 0.15) is 10.9 Å². The molecule has 0 saturated carbocycles. The van der Waals surface area contributed by atoms with E-state index in [1.165, 1.54) is 30.0 Å². The molecule has 0 bridgehead atoms. The van der Waals surface area contributed by atoms with Gasteiger partial charge in [0.25, 0.3) is 11.6 Å². The molecule has 2 rings (SSSR count). The van der Waals surface area contributed by atoms with E-state index in [0.29, 0.717) is 10.6 Å². The van der Waals surface area contributed by atoms with Crippen LogP contribution in [0.4, 0.5) is 5.69 Å². The second kappa shape index (κ2) is 4.11. The van der Waals surface area contributed by atoms with Crippen LogP contribution in [0, 0.1) is 10.1 Å². The van der Waals surface area contributed by atoms with Crippen molar-refractivity contribution in [2.24, 2.45) is 0 Å². The molecule has 1 aliphatic rings. The number of carbonyl (C=O) groups is 1. The number of benzene rings is 1. The first-order valence-corrected chi connectivity index (χ1v) is 5.51. The highest BCUT2D eigenvalue weighted by Crippen LogP contribution is 2.37. The lowest BCUT2D eigenvalue weighted by Crippen LogP contribution is -2.23. The van der Waals surface area contributed by atoms with Crippen molar-refractivity contribution in [2.45, 2.75) is 5.37 Å². The van der Waals surface area contributed by atoms with Gasteiger partial charge >= 0.3 is 0 Å². The zero-order valence-electron chi connectivity index (χ0n) is 8.07. The zero-order chi connectivity index (χ0) is 11.7. The van der Waals surface area contributed by atoms with Gasteiger partial charge in [-0.2, -0.15) is 0 Å². The molecule has 0 radical (unpaired) electrons. The lowest BCUT2D eigenvalue weighted by Gasteiger charge is -2.16. The molecule has 1 heterocycles. The van der Waals surface area contributed by atoms with Crippen molar-refractivity contribution in [3.63, 3.8) is 0 Å². The summed E-state index contributed by atoms with van der Waals surface area (Å²) in [4.78, 5) is 21.2. The smallest absolute Gasteiger partial charge is 0.269 e. The Morgan fingerprint density at radius 2 is 2.31 bits per heavy atom. The normalized spacial score (nSPS) is 20.2. The highest BCUT2D eigenvalue weighted by Gasteiger charge is 2.32. The molecule has 16 heavy (non-hydrogen) atoms. The van der Waals surface area contributed by atoms with Gasteiger partial charge in [-0.1, -0.05) is 12.1 Å². The molecular formula is C9H8N2O4S. The molecule has 1 amide bonds. The summed E-state index contributed by atoms with van der Waals surface area (Å²) in [6.07, 6.45) is 0. The minimum Gasteiger partial charge on any atom is -0.284 e. The maximum atomic E-state index is 11.1. The molecule has 1 N–H and O–H groups in total. The average Bonchev–Trinajstić information content (AvgIpc) is 2.60. The van der Waals surface area contributed by atoms with Crippen molar-refractivity contribution in [3.05, 3.63) is 39.9 Å². The topological polar surface area (TPSA) is 83.7 Å². The van der Waals surface area contributed by atoms with E-state index >= 15 is 0 Å². The fraction of sp³-hybridized carbons (Fsp3) is 0.222. The van der Waals surface area contributed by atoms with Crippen molar-refractivity contribution in [2.75, 3.05) is 5.75 Å². The molecule has 7 heteroatoms. The Hall–Kier alpha value is -1.60. The third-order valence-electron chi connectivity index (χ3n) is 2.21. The first-order chi connectivity index (χ1) is 7.59. The molecule has 84 valence electrons. The predicted molar refractivity (Wildman–Crippen MR) is 56.9 cm³/mol. The van der Waals surface area contributed by atoms with Gasteiger partial charge in [-0.05, 0) is 5.56 Å². The van der Waals surface area contributed by atoms with Crippen molar-refractivity contribution in [1.29, 1.82) is 0 Å². The number of rotatable bonds is 2. The third-order valence-corrected chi connectivity index (χ3v) is 3.41. The van der Waals surface area contributed by atoms with Crippen molar-refractivity contribution in [3.8, 4) is 0 Å². The maximum Gasteiger partial charge on any atom is 0.269 e. The molecule has 1 atom stereocenters. The Kier molecular flexibility index (Phi) is 2.80. The largest absolute Gasteiger partial charge is 0.284 e. The van der Waals surface area contributed by atoms with Crippen LogP contribution in [0.25, 0.3) is 0 Å². The van der Waals surface area contributed by atoms with Gasteiger partial charge in [-0.3, -0.25) is 20.1 Å². The summed E-state index contributed by atoms with van der Waals surface area (Å²) in [6, 6.07) is 5.91. The van der Waals surface area contributed by atoms with Crippen molar-refractivity contribution >= 4 is 23.4 Å². The van der Waals surface area contributed by atoms with Crippen LogP contribution in [0.15, 0.2) is 24.3 Å². The number of nitro benzene ring substituents is 1. The molecule has 1 aromatic rings. The summed E-state index contributed by atoms with van der Waals surface area (Å²) in [6.45, 7) is 0. The van der Waals surface area contributed by atoms with E-state index in [1.807, 2.05) is 0 Å². The number of amides is 1. The van der Waals surface area contributed by atoms with Crippen LogP contribution in [0.2, 0.25) is 0 Å². The van der Waals surface area contributed by atoms with Crippen LogP contribution in [-0.2, 0) is 4.79 Å². The molecule has 1 fully saturated rings. The van der Waals surface area contributed by atoms with E-state index in [0.717, 1.165) is 0 Å². The molecule has 1 aliphatic heterocycles. The predicted octanol–water partition coefficient (Wildman–Crippen LogP) is 1.56. The quantitative estimate of drug-likeness (QED) is 0.481. The van der Waals surface area contributed by atoms with Crippen LogP contribution >= 0.6 is 11.8 Å². The SMILES string of the molecule is O=C1CS[C@@H](c2cccc([N+](=O)[O-])c2)N1O. The fourth-order valence-electron chi connectivity index (χ4n) is 1.45. The monoisotopic (exact) mass is 240 g/mol. The van der Waals surface area contributed by atoms with E-state index in [2.05, 4.69) is 0 Å². The van der Waals surface area contributed by atoms with Gasteiger partial charge in [0.15, 0.2) is 0 Å². The average molecular weight is 240 g/mol. The lowest BCUT2D eigenvalue weighted by molar-refractivity contribution is -0.384. The van der Waals surface area contributed by atoms with E-state index in [-0.39, 0.29) is 17.3 Å². The molecule has 0 spiro atoms. The van der Waals surface area contributed by atoms with Gasteiger partial charge in [0.1, 0.15) is 5.37 Å². The van der Waals surface area contributed by atoms with Gasteiger partial charge in [0.2, 0.25) is 0 Å². The van der Waals surface area contributed by atoms with Gasteiger partial charge in [0, 0.05) is 12.1 Å². The standard InChI is InChI=1S/C9H8N2O4S/c12-8-5-16-9(10(8)13)6-2-1-3-7(4-6)11(14)15/h1-4,9,13H,5H2/t9-/m0/s1. The summed E-state index contributed by atoms with van der Waals surface area (Å²) >= 11 is 1.24. The Balaban J connectivity index is 2.31. The van der Waals surface area contributed by atoms with Crippen LogP contribution in [0.3, 0.4) is 0 Å². The summed E-state index contributed by atoms with van der Waals surface area (Å²) in [5.74, 6) is -0.203. The molecule has 1 saturated heterocycles. The first-order valence-electron chi connectivity index (χ1n) is 4.46. The minimum atomic E-state index is -0.549. The molecule has 0 aliphatic carbocycles. The van der Waals surface area contributed by atoms with Crippen LogP contribution < -0.4 is 0 Å². The second-order valence-corrected chi connectivity index (χ2v) is 4.32. The lowest BCUT2D eigenvalue weighted by atomic mass is 10.2.